The Hall–Kier alpha value is -1.86. The minimum Gasteiger partial charge on any atom is -0.493 e. The molecule has 2 rings (SSSR count). The van der Waals surface area contributed by atoms with Crippen molar-refractivity contribution in [2.24, 2.45) is 0 Å². The van der Waals surface area contributed by atoms with Gasteiger partial charge in [-0.1, -0.05) is 36.1 Å². The van der Waals surface area contributed by atoms with Crippen LogP contribution in [0.5, 0.6) is 5.75 Å². The lowest BCUT2D eigenvalue weighted by Gasteiger charge is -2.04. The lowest BCUT2D eigenvalue weighted by atomic mass is 10.2. The molecule has 5 nitrogen and oxygen atoms in total. The quantitative estimate of drug-likeness (QED) is 0.640. The number of carbonyl (C=O) groups is 2. The molecular formula is C13H11NO4S2. The summed E-state index contributed by atoms with van der Waals surface area (Å²) in [6.07, 6.45) is 1.69. The minimum atomic E-state index is -0.897. The van der Waals surface area contributed by atoms with E-state index in [1.54, 1.807) is 30.3 Å². The van der Waals surface area contributed by atoms with E-state index in [0.29, 0.717) is 15.0 Å². The van der Waals surface area contributed by atoms with Crippen molar-refractivity contribution in [1.82, 2.24) is 5.32 Å². The second kappa shape index (κ2) is 6.53. The molecule has 0 radical (unpaired) electrons. The molecular weight excluding hydrogens is 298 g/mol. The van der Waals surface area contributed by atoms with E-state index in [4.69, 9.17) is 22.1 Å². The fourth-order valence-corrected chi connectivity index (χ4v) is 2.53. The fraction of sp³-hybridized carbons (Fsp3) is 0.154. The van der Waals surface area contributed by atoms with Crippen molar-refractivity contribution in [3.63, 3.8) is 0 Å². The van der Waals surface area contributed by atoms with Crippen molar-refractivity contribution < 1.29 is 19.4 Å². The highest BCUT2D eigenvalue weighted by molar-refractivity contribution is 8.26. The van der Waals surface area contributed by atoms with E-state index in [2.05, 4.69) is 5.32 Å². The van der Waals surface area contributed by atoms with Crippen molar-refractivity contribution in [1.29, 1.82) is 0 Å². The first kappa shape index (κ1) is 14.5. The molecule has 20 heavy (non-hydrogen) atoms. The molecule has 1 fully saturated rings. The number of nitrogens with one attached hydrogen (secondary N) is 1. The van der Waals surface area contributed by atoms with Crippen molar-refractivity contribution in [3.8, 4) is 5.75 Å². The largest absolute Gasteiger partial charge is 0.493 e. The van der Waals surface area contributed by atoms with Gasteiger partial charge >= 0.3 is 5.97 Å². The van der Waals surface area contributed by atoms with Crippen molar-refractivity contribution in [3.05, 3.63) is 34.7 Å². The zero-order valence-electron chi connectivity index (χ0n) is 10.3. The number of benzene rings is 1. The predicted octanol–water partition coefficient (Wildman–Crippen LogP) is 2.03. The molecule has 0 atom stereocenters. The summed E-state index contributed by atoms with van der Waals surface area (Å²) in [6.45, 7) is 0.127. The first-order valence-electron chi connectivity index (χ1n) is 5.74. The lowest BCUT2D eigenvalue weighted by Crippen LogP contribution is -2.17. The van der Waals surface area contributed by atoms with Crippen LogP contribution in [0, 0.1) is 0 Å². The molecule has 1 aromatic rings. The maximum atomic E-state index is 11.5. The molecule has 1 aliphatic heterocycles. The lowest BCUT2D eigenvalue weighted by molar-refractivity contribution is -0.137. The molecule has 0 unspecified atom stereocenters. The van der Waals surface area contributed by atoms with E-state index >= 15 is 0 Å². The van der Waals surface area contributed by atoms with Gasteiger partial charge in [-0.3, -0.25) is 9.59 Å². The van der Waals surface area contributed by atoms with Gasteiger partial charge in [0.1, 0.15) is 10.1 Å². The average Bonchev–Trinajstić information content (AvgIpc) is 2.69. The fourth-order valence-electron chi connectivity index (χ4n) is 1.49. The third-order valence-corrected chi connectivity index (χ3v) is 3.57. The summed E-state index contributed by atoms with van der Waals surface area (Å²) in [4.78, 5) is 22.4. The topological polar surface area (TPSA) is 75.6 Å². The third kappa shape index (κ3) is 4.07. The summed E-state index contributed by atoms with van der Waals surface area (Å²) in [5.74, 6) is -0.499. The van der Waals surface area contributed by atoms with Gasteiger partial charge < -0.3 is 15.2 Å². The van der Waals surface area contributed by atoms with E-state index in [0.717, 1.165) is 5.56 Å². The molecule has 0 aliphatic carbocycles. The van der Waals surface area contributed by atoms with Crippen LogP contribution in [0.4, 0.5) is 0 Å². The molecule has 2 N–H and O–H groups in total. The molecule has 0 saturated carbocycles. The molecule has 1 saturated heterocycles. The molecule has 1 aliphatic rings. The van der Waals surface area contributed by atoms with Gasteiger partial charge in [0.25, 0.3) is 5.91 Å². The Bertz CT molecular complexity index is 581. The van der Waals surface area contributed by atoms with Crippen molar-refractivity contribution >= 4 is 46.3 Å². The van der Waals surface area contributed by atoms with Gasteiger partial charge in [-0.25, -0.2) is 0 Å². The van der Waals surface area contributed by atoms with Crippen LogP contribution >= 0.6 is 24.0 Å². The van der Waals surface area contributed by atoms with Crippen LogP contribution in [0.25, 0.3) is 6.08 Å². The molecule has 1 heterocycles. The van der Waals surface area contributed by atoms with Gasteiger partial charge in [-0.15, -0.1) is 0 Å². The summed E-state index contributed by atoms with van der Waals surface area (Å²) in [5, 5.41) is 11.0. The Morgan fingerprint density at radius 2 is 2.10 bits per heavy atom. The van der Waals surface area contributed by atoms with E-state index in [-0.39, 0.29) is 18.9 Å². The van der Waals surface area contributed by atoms with E-state index in [1.807, 2.05) is 0 Å². The number of ether oxygens (including phenoxy) is 1. The highest BCUT2D eigenvalue weighted by atomic mass is 32.2. The Balaban J connectivity index is 1.98. The van der Waals surface area contributed by atoms with Gasteiger partial charge in [-0.2, -0.15) is 0 Å². The smallest absolute Gasteiger partial charge is 0.306 e. The highest BCUT2D eigenvalue weighted by Gasteiger charge is 2.21. The second-order valence-electron chi connectivity index (χ2n) is 3.91. The predicted molar refractivity (Wildman–Crippen MR) is 80.5 cm³/mol. The van der Waals surface area contributed by atoms with Crippen molar-refractivity contribution in [2.45, 2.75) is 6.42 Å². The van der Waals surface area contributed by atoms with Gasteiger partial charge in [0, 0.05) is 0 Å². The summed E-state index contributed by atoms with van der Waals surface area (Å²) in [7, 11) is 0. The number of carboxylic acid groups (broad SMARTS) is 1. The van der Waals surface area contributed by atoms with Gasteiger partial charge in [0.2, 0.25) is 0 Å². The van der Waals surface area contributed by atoms with E-state index in [1.165, 1.54) is 11.8 Å². The first-order chi connectivity index (χ1) is 9.54. The van der Waals surface area contributed by atoms with Crippen molar-refractivity contribution in [2.75, 3.05) is 6.61 Å². The Labute approximate surface area is 125 Å². The normalized spacial score (nSPS) is 16.3. The van der Waals surface area contributed by atoms with Crippen LogP contribution in [-0.2, 0) is 9.59 Å². The monoisotopic (exact) mass is 309 g/mol. The number of amides is 1. The number of hydrogen-bond acceptors (Lipinski definition) is 5. The van der Waals surface area contributed by atoms with Crippen LogP contribution in [-0.4, -0.2) is 27.9 Å². The summed E-state index contributed by atoms with van der Waals surface area (Å²) >= 11 is 6.13. The number of carbonyl (C=O) groups excluding carboxylic acids is 1. The Morgan fingerprint density at radius 1 is 1.40 bits per heavy atom. The second-order valence-corrected chi connectivity index (χ2v) is 5.63. The minimum absolute atomic E-state index is 0.0416. The van der Waals surface area contributed by atoms with Gasteiger partial charge in [0.05, 0.1) is 17.9 Å². The maximum Gasteiger partial charge on any atom is 0.306 e. The number of rotatable bonds is 5. The standard InChI is InChI=1S/C13H11NO4S2/c15-11(16)5-6-18-9-3-1-8(2-4-9)7-10-12(17)14-13(19)20-10/h1-4,7H,5-6H2,(H,15,16)(H,14,17,19)/b10-7+. The molecule has 0 aromatic heterocycles. The van der Waals surface area contributed by atoms with Crippen LogP contribution in [0.2, 0.25) is 0 Å². The van der Waals surface area contributed by atoms with Crippen LogP contribution in [0.3, 0.4) is 0 Å². The number of carboxylic acids is 1. The van der Waals surface area contributed by atoms with Crippen LogP contribution in [0.15, 0.2) is 29.2 Å². The Morgan fingerprint density at radius 3 is 2.65 bits per heavy atom. The Kier molecular flexibility index (Phi) is 4.75. The van der Waals surface area contributed by atoms with Gasteiger partial charge in [0.15, 0.2) is 0 Å². The molecule has 0 spiro atoms. The van der Waals surface area contributed by atoms with E-state index in [9.17, 15) is 9.59 Å². The zero-order valence-corrected chi connectivity index (χ0v) is 11.9. The molecule has 0 bridgehead atoms. The SMILES string of the molecule is O=C(O)CCOc1ccc(/C=C2/SC(=S)NC2=O)cc1. The number of thiocarbonyl (C=S) groups is 1. The average molecular weight is 309 g/mol. The molecule has 104 valence electrons. The molecule has 1 aromatic carbocycles. The zero-order chi connectivity index (χ0) is 14.5. The number of hydrogen-bond donors (Lipinski definition) is 2. The third-order valence-electron chi connectivity index (χ3n) is 2.40. The van der Waals surface area contributed by atoms with Crippen LogP contribution in [0.1, 0.15) is 12.0 Å². The molecule has 7 heteroatoms. The van der Waals surface area contributed by atoms with E-state index < -0.39 is 5.97 Å². The number of thioether (sulfide) groups is 1. The summed E-state index contributed by atoms with van der Waals surface area (Å²) < 4.78 is 5.73. The van der Waals surface area contributed by atoms with Gasteiger partial charge in [-0.05, 0) is 23.8 Å². The summed E-state index contributed by atoms with van der Waals surface area (Å²) in [6, 6.07) is 7.03. The highest BCUT2D eigenvalue weighted by Crippen LogP contribution is 2.26. The van der Waals surface area contributed by atoms with Crippen LogP contribution < -0.4 is 10.1 Å². The first-order valence-corrected chi connectivity index (χ1v) is 6.96. The number of aliphatic carboxylic acids is 1. The molecule has 1 amide bonds. The summed E-state index contributed by atoms with van der Waals surface area (Å²) in [5.41, 5.74) is 0.845. The maximum absolute atomic E-state index is 11.5.